The van der Waals surface area contributed by atoms with Crippen LogP contribution in [0.15, 0.2) is 36.4 Å². The van der Waals surface area contributed by atoms with Crippen LogP contribution in [0, 0.1) is 22.7 Å². The third-order valence-electron chi connectivity index (χ3n) is 5.46. The van der Waals surface area contributed by atoms with Gasteiger partial charge in [0, 0.05) is 21.7 Å². The molecule has 0 aliphatic heterocycles. The summed E-state index contributed by atoms with van der Waals surface area (Å²) < 4.78 is -1.31. The number of carbonyl (C=O) groups excluding carboxylic acids is 2. The maximum Gasteiger partial charge on any atom is 0.244 e. The molecule has 0 spiro atoms. The van der Waals surface area contributed by atoms with Crippen LogP contribution in [0.3, 0.4) is 0 Å². The Kier molecular flexibility index (Phi) is 5.83. The average molecular weight is 518 g/mol. The van der Waals surface area contributed by atoms with E-state index in [4.69, 9.17) is 58.0 Å². The van der Waals surface area contributed by atoms with Crippen molar-refractivity contribution in [3.05, 3.63) is 57.0 Å². The van der Waals surface area contributed by atoms with Crippen LogP contribution in [0.25, 0.3) is 0 Å². The number of alkyl halides is 2. The smallest absolute Gasteiger partial charge is 0.244 e. The predicted octanol–water partition coefficient (Wildman–Crippen LogP) is 6.42. The van der Waals surface area contributed by atoms with E-state index in [9.17, 15) is 14.9 Å². The molecule has 31 heavy (non-hydrogen) atoms. The number of benzene rings is 2. The largest absolute Gasteiger partial charge is 0.326 e. The maximum absolute atomic E-state index is 12.9. The molecule has 0 aromatic heterocycles. The first-order valence-corrected chi connectivity index (χ1v) is 11.1. The zero-order valence-corrected chi connectivity index (χ0v) is 19.5. The number of halogens is 5. The topological polar surface area (TPSA) is 82.0 Å². The molecule has 2 atom stereocenters. The first-order valence-electron chi connectivity index (χ1n) is 9.24. The maximum atomic E-state index is 12.9. The van der Waals surface area contributed by atoms with E-state index in [1.165, 1.54) is 12.1 Å². The fraction of sp³-hybridized carbons (Fsp3) is 0.286. The van der Waals surface area contributed by atoms with E-state index < -0.39 is 33.4 Å². The standard InChI is InChI=1S/C21H14Cl5N3O2/c22-11-5-10(6-12(23)7-11)16-17(21(16,25)26)18(30)28-13-1-2-14(24)15(8-13)29-19(31)20(9-27)3-4-20/h1-2,5-8,16-17H,3-4H2,(H,28,30)(H,29,31)/t16-,17+/m0/s1. The van der Waals surface area contributed by atoms with Crippen LogP contribution in [-0.2, 0) is 9.59 Å². The van der Waals surface area contributed by atoms with Crippen molar-refractivity contribution in [3.63, 3.8) is 0 Å². The van der Waals surface area contributed by atoms with Crippen molar-refractivity contribution in [2.75, 3.05) is 10.6 Å². The van der Waals surface area contributed by atoms with E-state index in [1.807, 2.05) is 6.07 Å². The zero-order chi connectivity index (χ0) is 22.6. The minimum Gasteiger partial charge on any atom is -0.326 e. The Labute approximate surface area is 203 Å². The lowest BCUT2D eigenvalue weighted by molar-refractivity contribution is -0.119. The Hall–Kier alpha value is -1.68. The Bertz CT molecular complexity index is 1120. The van der Waals surface area contributed by atoms with E-state index in [2.05, 4.69) is 10.6 Å². The number of nitrogens with zero attached hydrogens (tertiary/aromatic N) is 1. The van der Waals surface area contributed by atoms with Crippen LogP contribution in [0.2, 0.25) is 15.1 Å². The molecule has 2 fully saturated rings. The van der Waals surface area contributed by atoms with Gasteiger partial charge in [-0.3, -0.25) is 9.59 Å². The second kappa shape index (κ2) is 8.03. The van der Waals surface area contributed by atoms with E-state index >= 15 is 0 Å². The van der Waals surface area contributed by atoms with Gasteiger partial charge in [0.1, 0.15) is 9.75 Å². The molecule has 5 nitrogen and oxygen atoms in total. The molecule has 2 aliphatic carbocycles. The van der Waals surface area contributed by atoms with Crippen molar-refractivity contribution in [3.8, 4) is 6.07 Å². The van der Waals surface area contributed by atoms with Gasteiger partial charge in [-0.1, -0.05) is 34.8 Å². The van der Waals surface area contributed by atoms with Crippen molar-refractivity contribution in [2.45, 2.75) is 23.1 Å². The van der Waals surface area contributed by atoms with Gasteiger partial charge in [0.05, 0.1) is 22.7 Å². The monoisotopic (exact) mass is 515 g/mol. The fourth-order valence-electron chi connectivity index (χ4n) is 3.50. The lowest BCUT2D eigenvalue weighted by Crippen LogP contribution is -2.23. The fourth-order valence-corrected chi connectivity index (χ4v) is 5.03. The molecule has 2 aliphatic rings. The van der Waals surface area contributed by atoms with Crippen molar-refractivity contribution < 1.29 is 9.59 Å². The number of amides is 2. The molecule has 4 rings (SSSR count). The Morgan fingerprint density at radius 3 is 2.23 bits per heavy atom. The molecule has 0 radical (unpaired) electrons. The highest BCUT2D eigenvalue weighted by Gasteiger charge is 2.67. The summed E-state index contributed by atoms with van der Waals surface area (Å²) in [5, 5.41) is 15.7. The molecule has 10 heteroatoms. The average Bonchev–Trinajstić information content (AvgIpc) is 3.58. The number of nitriles is 1. The molecule has 0 unspecified atom stereocenters. The van der Waals surface area contributed by atoms with Crippen molar-refractivity contribution >= 4 is 81.2 Å². The van der Waals surface area contributed by atoms with Gasteiger partial charge >= 0.3 is 0 Å². The van der Waals surface area contributed by atoms with E-state index in [1.54, 1.807) is 24.3 Å². The zero-order valence-electron chi connectivity index (χ0n) is 15.7. The minimum atomic E-state index is -1.31. The van der Waals surface area contributed by atoms with Gasteiger partial charge in [-0.2, -0.15) is 5.26 Å². The van der Waals surface area contributed by atoms with E-state index in [0.29, 0.717) is 39.8 Å². The lowest BCUT2D eigenvalue weighted by atomic mass is 10.1. The van der Waals surface area contributed by atoms with Gasteiger partial charge in [-0.15, -0.1) is 23.2 Å². The SMILES string of the molecule is N#CC1(C(=O)Nc2cc(NC(=O)[C@H]3[C@H](c4cc(Cl)cc(Cl)c4)C3(Cl)Cl)ccc2Cl)CC1. The van der Waals surface area contributed by atoms with Crippen LogP contribution in [0.4, 0.5) is 11.4 Å². The summed E-state index contributed by atoms with van der Waals surface area (Å²) in [6, 6.07) is 11.6. The summed E-state index contributed by atoms with van der Waals surface area (Å²) in [4.78, 5) is 25.2. The summed E-state index contributed by atoms with van der Waals surface area (Å²) in [5.74, 6) is -2.03. The number of hydrogen-bond acceptors (Lipinski definition) is 3. The number of rotatable bonds is 5. The van der Waals surface area contributed by atoms with Crippen molar-refractivity contribution in [1.82, 2.24) is 0 Å². The molecule has 0 heterocycles. The predicted molar refractivity (Wildman–Crippen MR) is 123 cm³/mol. The summed E-state index contributed by atoms with van der Waals surface area (Å²) in [7, 11) is 0. The third kappa shape index (κ3) is 4.33. The Morgan fingerprint density at radius 1 is 1.00 bits per heavy atom. The van der Waals surface area contributed by atoms with Crippen LogP contribution in [0.1, 0.15) is 24.3 Å². The third-order valence-corrected chi connectivity index (χ3v) is 7.17. The van der Waals surface area contributed by atoms with Gasteiger partial charge in [0.2, 0.25) is 11.8 Å². The highest BCUT2D eigenvalue weighted by Crippen LogP contribution is 2.65. The number of hydrogen-bond donors (Lipinski definition) is 2. The van der Waals surface area contributed by atoms with Gasteiger partial charge in [-0.05, 0) is 54.8 Å². The first-order chi connectivity index (χ1) is 14.6. The Balaban J connectivity index is 1.50. The van der Waals surface area contributed by atoms with Crippen LogP contribution >= 0.6 is 58.0 Å². The molecule has 2 aromatic rings. The van der Waals surface area contributed by atoms with Gasteiger partial charge in [0.15, 0.2) is 0 Å². The molecule has 2 saturated carbocycles. The summed E-state index contributed by atoms with van der Waals surface area (Å²) in [6.45, 7) is 0. The Morgan fingerprint density at radius 2 is 1.65 bits per heavy atom. The van der Waals surface area contributed by atoms with Gasteiger partial charge in [-0.25, -0.2) is 0 Å². The summed E-state index contributed by atoms with van der Waals surface area (Å²) in [5.41, 5.74) is 0.352. The van der Waals surface area contributed by atoms with Gasteiger partial charge in [0.25, 0.3) is 0 Å². The van der Waals surface area contributed by atoms with Crippen LogP contribution in [-0.4, -0.2) is 16.1 Å². The molecule has 0 bridgehead atoms. The molecular formula is C21H14Cl5N3O2. The van der Waals surface area contributed by atoms with Crippen LogP contribution in [0.5, 0.6) is 0 Å². The first kappa shape index (κ1) is 22.5. The van der Waals surface area contributed by atoms with Gasteiger partial charge < -0.3 is 10.6 Å². The summed E-state index contributed by atoms with van der Waals surface area (Å²) in [6.07, 6.45) is 1.01. The van der Waals surface area contributed by atoms with Crippen LogP contribution < -0.4 is 10.6 Å². The van der Waals surface area contributed by atoms with Crippen molar-refractivity contribution in [1.29, 1.82) is 5.26 Å². The number of carbonyl (C=O) groups is 2. The molecule has 160 valence electrons. The molecule has 2 aromatic carbocycles. The highest BCUT2D eigenvalue weighted by atomic mass is 35.5. The van der Waals surface area contributed by atoms with Crippen molar-refractivity contribution in [2.24, 2.45) is 11.3 Å². The quantitative estimate of drug-likeness (QED) is 0.450. The molecule has 2 N–H and O–H groups in total. The number of anilines is 2. The summed E-state index contributed by atoms with van der Waals surface area (Å²) >= 11 is 31.0. The minimum absolute atomic E-state index is 0.280. The molecular weight excluding hydrogens is 504 g/mol. The highest BCUT2D eigenvalue weighted by molar-refractivity contribution is 6.53. The van der Waals surface area contributed by atoms with E-state index in [0.717, 1.165) is 0 Å². The second-order valence-corrected chi connectivity index (χ2v) is 10.4. The van der Waals surface area contributed by atoms with E-state index in [-0.39, 0.29) is 5.02 Å². The molecule has 0 saturated heterocycles. The second-order valence-electron chi connectivity index (χ2n) is 7.66. The number of nitrogens with one attached hydrogen (secondary N) is 2. The normalized spacial score (nSPS) is 22.2. The molecule has 2 amide bonds. The lowest BCUT2D eigenvalue weighted by Gasteiger charge is -2.12.